The Kier molecular flexibility index (Phi) is 3.88. The maximum Gasteiger partial charge on any atom is 0.239 e. The standard InChI is InChI=1S/C13H20BrN5/c14-11-7-16-13(18-15)17-12(11)19-6-5-9-3-1-2-4-10(9)8-19/h7,9-10H,1-6,8,15H2,(H,16,17,18). The molecule has 0 aromatic carbocycles. The number of anilines is 2. The van der Waals surface area contributed by atoms with Gasteiger partial charge in [0.2, 0.25) is 5.95 Å². The molecule has 1 saturated carbocycles. The number of piperidine rings is 1. The number of hydrogen-bond acceptors (Lipinski definition) is 5. The first-order valence-corrected chi connectivity index (χ1v) is 7.81. The van der Waals surface area contributed by atoms with Gasteiger partial charge in [0.1, 0.15) is 5.82 Å². The van der Waals surface area contributed by atoms with Crippen LogP contribution in [0.3, 0.4) is 0 Å². The summed E-state index contributed by atoms with van der Waals surface area (Å²) in [6.07, 6.45) is 8.64. The van der Waals surface area contributed by atoms with Crippen LogP contribution in [-0.2, 0) is 0 Å². The number of nitrogens with zero attached hydrogens (tertiary/aromatic N) is 3. The third kappa shape index (κ3) is 2.69. The molecule has 2 fully saturated rings. The van der Waals surface area contributed by atoms with Gasteiger partial charge in [0, 0.05) is 19.3 Å². The van der Waals surface area contributed by atoms with E-state index in [1.54, 1.807) is 6.20 Å². The maximum absolute atomic E-state index is 5.40. The molecular formula is C13H20BrN5. The second kappa shape index (κ2) is 5.63. The fraction of sp³-hybridized carbons (Fsp3) is 0.692. The summed E-state index contributed by atoms with van der Waals surface area (Å²) >= 11 is 3.55. The van der Waals surface area contributed by atoms with E-state index >= 15 is 0 Å². The molecule has 6 heteroatoms. The molecule has 2 atom stereocenters. The second-order valence-corrected chi connectivity index (χ2v) is 6.40. The number of halogens is 1. The normalized spacial score (nSPS) is 26.9. The molecule has 1 saturated heterocycles. The highest BCUT2D eigenvalue weighted by Crippen LogP contribution is 2.38. The molecule has 5 nitrogen and oxygen atoms in total. The van der Waals surface area contributed by atoms with Crippen molar-refractivity contribution in [1.29, 1.82) is 0 Å². The van der Waals surface area contributed by atoms with E-state index in [4.69, 9.17) is 5.84 Å². The zero-order valence-electron chi connectivity index (χ0n) is 11.0. The van der Waals surface area contributed by atoms with Crippen molar-refractivity contribution in [2.45, 2.75) is 32.1 Å². The molecular weight excluding hydrogens is 306 g/mol. The van der Waals surface area contributed by atoms with E-state index in [1.807, 2.05) is 0 Å². The molecule has 104 valence electrons. The molecule has 0 spiro atoms. The van der Waals surface area contributed by atoms with Gasteiger partial charge in [-0.1, -0.05) is 19.3 Å². The van der Waals surface area contributed by atoms with E-state index in [9.17, 15) is 0 Å². The monoisotopic (exact) mass is 325 g/mol. The smallest absolute Gasteiger partial charge is 0.239 e. The second-order valence-electron chi connectivity index (χ2n) is 5.55. The number of nitrogens with one attached hydrogen (secondary N) is 1. The highest BCUT2D eigenvalue weighted by molar-refractivity contribution is 9.10. The quantitative estimate of drug-likeness (QED) is 0.646. The Bertz CT molecular complexity index is 453. The van der Waals surface area contributed by atoms with Crippen LogP contribution in [-0.4, -0.2) is 23.1 Å². The first-order chi connectivity index (χ1) is 9.28. The van der Waals surface area contributed by atoms with Crippen LogP contribution in [0.15, 0.2) is 10.7 Å². The summed E-state index contributed by atoms with van der Waals surface area (Å²) in [6.45, 7) is 2.20. The Morgan fingerprint density at radius 1 is 1.26 bits per heavy atom. The Balaban J connectivity index is 1.79. The van der Waals surface area contributed by atoms with Crippen molar-refractivity contribution >= 4 is 27.7 Å². The van der Waals surface area contributed by atoms with Crippen LogP contribution in [0.1, 0.15) is 32.1 Å². The summed E-state index contributed by atoms with van der Waals surface area (Å²) < 4.78 is 0.945. The van der Waals surface area contributed by atoms with E-state index in [-0.39, 0.29) is 0 Å². The van der Waals surface area contributed by atoms with Crippen molar-refractivity contribution in [2.24, 2.45) is 17.7 Å². The fourth-order valence-electron chi connectivity index (χ4n) is 3.44. The Labute approximate surface area is 122 Å². The molecule has 2 aliphatic rings. The minimum absolute atomic E-state index is 0.476. The number of hydrazine groups is 1. The lowest BCUT2D eigenvalue weighted by molar-refractivity contribution is 0.202. The molecule has 0 amide bonds. The largest absolute Gasteiger partial charge is 0.355 e. The van der Waals surface area contributed by atoms with Crippen molar-refractivity contribution in [1.82, 2.24) is 9.97 Å². The van der Waals surface area contributed by atoms with Gasteiger partial charge in [-0.05, 0) is 40.6 Å². The number of hydrogen-bond donors (Lipinski definition) is 2. The average Bonchev–Trinajstić information content (AvgIpc) is 2.47. The predicted octanol–water partition coefficient (Wildman–Crippen LogP) is 2.54. The fourth-order valence-corrected chi connectivity index (χ4v) is 3.88. The van der Waals surface area contributed by atoms with Gasteiger partial charge < -0.3 is 4.90 Å². The van der Waals surface area contributed by atoms with Crippen molar-refractivity contribution < 1.29 is 0 Å². The van der Waals surface area contributed by atoms with Crippen LogP contribution >= 0.6 is 15.9 Å². The molecule has 1 aromatic rings. The number of nitrogens with two attached hydrogens (primary N) is 1. The molecule has 3 rings (SSSR count). The summed E-state index contributed by atoms with van der Waals surface area (Å²) in [5, 5.41) is 0. The Morgan fingerprint density at radius 3 is 2.84 bits per heavy atom. The minimum atomic E-state index is 0.476. The molecule has 0 bridgehead atoms. The van der Waals surface area contributed by atoms with E-state index in [2.05, 4.69) is 36.2 Å². The third-order valence-electron chi connectivity index (χ3n) is 4.45. The first kappa shape index (κ1) is 13.1. The number of aromatic nitrogens is 2. The van der Waals surface area contributed by atoms with Crippen LogP contribution in [0.5, 0.6) is 0 Å². The molecule has 1 aliphatic heterocycles. The van der Waals surface area contributed by atoms with Crippen molar-refractivity contribution in [2.75, 3.05) is 23.4 Å². The maximum atomic E-state index is 5.40. The minimum Gasteiger partial charge on any atom is -0.355 e. The number of rotatable bonds is 2. The van der Waals surface area contributed by atoms with Gasteiger partial charge in [-0.25, -0.2) is 10.8 Å². The van der Waals surface area contributed by atoms with Gasteiger partial charge >= 0.3 is 0 Å². The van der Waals surface area contributed by atoms with Gasteiger partial charge in [-0.3, -0.25) is 5.43 Å². The first-order valence-electron chi connectivity index (χ1n) is 7.02. The average molecular weight is 326 g/mol. The lowest BCUT2D eigenvalue weighted by Crippen LogP contribution is -2.42. The summed E-state index contributed by atoms with van der Waals surface area (Å²) in [6, 6.07) is 0. The summed E-state index contributed by atoms with van der Waals surface area (Å²) in [5.74, 6) is 8.60. The lowest BCUT2D eigenvalue weighted by Gasteiger charge is -2.42. The molecule has 2 heterocycles. The Hall–Kier alpha value is -0.880. The highest BCUT2D eigenvalue weighted by atomic mass is 79.9. The SMILES string of the molecule is NNc1ncc(Br)c(N2CCC3CCCCC3C2)n1. The third-order valence-corrected chi connectivity index (χ3v) is 5.00. The summed E-state index contributed by atoms with van der Waals surface area (Å²) in [7, 11) is 0. The summed E-state index contributed by atoms with van der Waals surface area (Å²) in [4.78, 5) is 11.0. The van der Waals surface area contributed by atoms with Crippen LogP contribution in [0.4, 0.5) is 11.8 Å². The van der Waals surface area contributed by atoms with Gasteiger partial charge in [0.05, 0.1) is 4.47 Å². The lowest BCUT2D eigenvalue weighted by atomic mass is 9.75. The number of fused-ring (bicyclic) bond motifs is 1. The zero-order valence-corrected chi connectivity index (χ0v) is 12.6. The van der Waals surface area contributed by atoms with Gasteiger partial charge in [-0.15, -0.1) is 0 Å². The van der Waals surface area contributed by atoms with Crippen molar-refractivity contribution in [3.63, 3.8) is 0 Å². The molecule has 1 aliphatic carbocycles. The molecule has 3 N–H and O–H groups in total. The van der Waals surface area contributed by atoms with Gasteiger partial charge in [0.15, 0.2) is 0 Å². The Morgan fingerprint density at radius 2 is 2.05 bits per heavy atom. The highest BCUT2D eigenvalue weighted by Gasteiger charge is 2.32. The van der Waals surface area contributed by atoms with Crippen LogP contribution in [0.25, 0.3) is 0 Å². The molecule has 0 radical (unpaired) electrons. The van der Waals surface area contributed by atoms with Gasteiger partial charge in [-0.2, -0.15) is 4.98 Å². The van der Waals surface area contributed by atoms with Crippen molar-refractivity contribution in [3.8, 4) is 0 Å². The van der Waals surface area contributed by atoms with E-state index in [0.717, 1.165) is 35.2 Å². The van der Waals surface area contributed by atoms with E-state index in [1.165, 1.54) is 32.1 Å². The topological polar surface area (TPSA) is 67.1 Å². The zero-order chi connectivity index (χ0) is 13.2. The molecule has 19 heavy (non-hydrogen) atoms. The van der Waals surface area contributed by atoms with Crippen LogP contribution < -0.4 is 16.2 Å². The van der Waals surface area contributed by atoms with E-state index < -0.39 is 0 Å². The van der Waals surface area contributed by atoms with Gasteiger partial charge in [0.25, 0.3) is 0 Å². The predicted molar refractivity (Wildman–Crippen MR) is 79.8 cm³/mol. The number of nitrogen functional groups attached to an aromatic ring is 1. The van der Waals surface area contributed by atoms with Crippen molar-refractivity contribution in [3.05, 3.63) is 10.7 Å². The van der Waals surface area contributed by atoms with Crippen LogP contribution in [0.2, 0.25) is 0 Å². The van der Waals surface area contributed by atoms with Crippen LogP contribution in [0, 0.1) is 11.8 Å². The molecule has 1 aromatic heterocycles. The van der Waals surface area contributed by atoms with E-state index in [0.29, 0.717) is 5.95 Å². The molecule has 2 unspecified atom stereocenters. The summed E-state index contributed by atoms with van der Waals surface area (Å²) in [5.41, 5.74) is 2.52.